The summed E-state index contributed by atoms with van der Waals surface area (Å²) in [5.41, 5.74) is 1.04. The summed E-state index contributed by atoms with van der Waals surface area (Å²) in [4.78, 5) is 32.8. The molecule has 11 heteroatoms. The first kappa shape index (κ1) is 31.2. The predicted octanol–water partition coefficient (Wildman–Crippen LogP) is 4.31. The lowest BCUT2D eigenvalue weighted by Gasteiger charge is -2.35. The fourth-order valence-electron chi connectivity index (χ4n) is 3.52. The van der Waals surface area contributed by atoms with Crippen LogP contribution >= 0.6 is 21.8 Å². The summed E-state index contributed by atoms with van der Waals surface area (Å²) < 4.78 is 20.4. The molecule has 2 aromatic rings. The minimum Gasteiger partial charge on any atom is -0.484 e. The van der Waals surface area contributed by atoms with Crippen molar-refractivity contribution in [2.45, 2.75) is 58.6 Å². The SMILES string of the molecule is CNCCOc1ccc(CCC(=O)C(C)CSSN[C@H]2C[C@H](Oc3ccc(OCC(=O)C(C)C)cn3)C2)cn1. The fraction of sp³-hybridized carbons (Fsp3) is 0.571. The number of nitrogens with zero attached hydrogens (tertiary/aromatic N) is 2. The lowest BCUT2D eigenvalue weighted by Crippen LogP contribution is -2.44. The maximum Gasteiger partial charge on any atom is 0.213 e. The molecule has 1 atom stereocenters. The van der Waals surface area contributed by atoms with E-state index in [-0.39, 0.29) is 36.1 Å². The van der Waals surface area contributed by atoms with Crippen molar-refractivity contribution in [3.8, 4) is 17.5 Å². The predicted molar refractivity (Wildman–Crippen MR) is 156 cm³/mol. The number of aromatic nitrogens is 2. The number of ether oxygens (including phenoxy) is 3. The van der Waals surface area contributed by atoms with Gasteiger partial charge in [0, 0.05) is 67.8 Å². The Hall–Kier alpha value is -2.34. The van der Waals surface area contributed by atoms with Gasteiger partial charge in [-0.1, -0.05) is 37.6 Å². The van der Waals surface area contributed by atoms with Crippen molar-refractivity contribution in [2.24, 2.45) is 11.8 Å². The van der Waals surface area contributed by atoms with Gasteiger partial charge in [0.25, 0.3) is 0 Å². The van der Waals surface area contributed by atoms with Crippen molar-refractivity contribution in [3.63, 3.8) is 0 Å². The zero-order valence-corrected chi connectivity index (χ0v) is 24.8. The number of carbonyl (C=O) groups is 2. The summed E-state index contributed by atoms with van der Waals surface area (Å²) in [6, 6.07) is 7.75. The number of nitrogens with one attached hydrogen (secondary N) is 2. The van der Waals surface area contributed by atoms with Gasteiger partial charge in [0.05, 0.1) is 6.20 Å². The molecular formula is C28H40N4O5S2. The quantitative estimate of drug-likeness (QED) is 0.142. The van der Waals surface area contributed by atoms with E-state index in [9.17, 15) is 9.59 Å². The number of ketones is 2. The zero-order chi connectivity index (χ0) is 28.0. The normalized spacial score (nSPS) is 17.4. The largest absolute Gasteiger partial charge is 0.484 e. The van der Waals surface area contributed by atoms with Crippen LogP contribution in [0.5, 0.6) is 17.5 Å². The molecular weight excluding hydrogens is 536 g/mol. The molecule has 0 saturated heterocycles. The van der Waals surface area contributed by atoms with E-state index < -0.39 is 0 Å². The van der Waals surface area contributed by atoms with Gasteiger partial charge in [-0.2, -0.15) is 0 Å². The second kappa shape index (κ2) is 16.7. The summed E-state index contributed by atoms with van der Waals surface area (Å²) in [5.74, 6) is 2.76. The van der Waals surface area contributed by atoms with Gasteiger partial charge >= 0.3 is 0 Å². The molecule has 39 heavy (non-hydrogen) atoms. The number of likely N-dealkylation sites (N-methyl/N-ethyl adjacent to an activating group) is 1. The molecule has 0 radical (unpaired) electrons. The molecule has 1 aliphatic rings. The van der Waals surface area contributed by atoms with E-state index >= 15 is 0 Å². The molecule has 0 aliphatic heterocycles. The van der Waals surface area contributed by atoms with Crippen molar-refractivity contribution in [1.29, 1.82) is 0 Å². The van der Waals surface area contributed by atoms with Crippen LogP contribution in [-0.2, 0) is 16.0 Å². The van der Waals surface area contributed by atoms with Crippen LogP contribution in [0, 0.1) is 11.8 Å². The van der Waals surface area contributed by atoms with E-state index in [4.69, 9.17) is 14.2 Å². The number of rotatable bonds is 19. The smallest absolute Gasteiger partial charge is 0.213 e. The highest BCUT2D eigenvalue weighted by Crippen LogP contribution is 2.30. The Morgan fingerprint density at radius 1 is 1.03 bits per heavy atom. The molecule has 0 spiro atoms. The third-order valence-electron chi connectivity index (χ3n) is 6.32. The van der Waals surface area contributed by atoms with Gasteiger partial charge in [0.1, 0.15) is 30.9 Å². The molecule has 2 N–H and O–H groups in total. The van der Waals surface area contributed by atoms with Crippen LogP contribution in [-0.4, -0.2) is 66.2 Å². The van der Waals surface area contributed by atoms with Crippen LogP contribution in [0.25, 0.3) is 0 Å². The second-order valence-electron chi connectivity index (χ2n) is 9.96. The van der Waals surface area contributed by atoms with Crippen LogP contribution in [0.4, 0.5) is 0 Å². The van der Waals surface area contributed by atoms with Gasteiger partial charge < -0.3 is 19.5 Å². The van der Waals surface area contributed by atoms with E-state index in [1.165, 1.54) is 0 Å². The minimum absolute atomic E-state index is 0.000371. The first-order valence-electron chi connectivity index (χ1n) is 13.4. The highest BCUT2D eigenvalue weighted by Gasteiger charge is 2.31. The molecule has 0 bridgehead atoms. The van der Waals surface area contributed by atoms with Gasteiger partial charge in [-0.25, -0.2) is 9.97 Å². The summed E-state index contributed by atoms with van der Waals surface area (Å²) in [5, 5.41) is 3.03. The van der Waals surface area contributed by atoms with Gasteiger partial charge in [-0.3, -0.25) is 14.3 Å². The standard InChI is InChI=1S/C28H40N4O5S2/c1-19(2)26(34)17-36-23-7-10-28(31-16-23)37-24-13-22(14-24)32-39-38-18-20(3)25(33)8-5-21-6-9-27(30-15-21)35-12-11-29-4/h6-7,9-10,15-16,19-20,22,24,29,32H,5,8,11-14,17-18H2,1-4H3/t20?,22-,24-. The van der Waals surface area contributed by atoms with Gasteiger partial charge in [0.15, 0.2) is 5.78 Å². The number of Topliss-reactive ketones (excluding diaryl/α,β-unsaturated/α-hetero) is 2. The average molecular weight is 577 g/mol. The van der Waals surface area contributed by atoms with E-state index in [1.807, 2.05) is 40.0 Å². The Morgan fingerprint density at radius 2 is 1.79 bits per heavy atom. The van der Waals surface area contributed by atoms with Crippen LogP contribution in [0.1, 0.15) is 45.6 Å². The van der Waals surface area contributed by atoms with Crippen molar-refractivity contribution in [2.75, 3.05) is 32.6 Å². The molecule has 9 nitrogen and oxygen atoms in total. The Labute approximate surface area is 239 Å². The van der Waals surface area contributed by atoms with E-state index in [0.29, 0.717) is 43.0 Å². The molecule has 1 saturated carbocycles. The zero-order valence-electron chi connectivity index (χ0n) is 23.2. The fourth-order valence-corrected chi connectivity index (χ4v) is 5.80. The molecule has 0 amide bonds. The summed E-state index contributed by atoms with van der Waals surface area (Å²) >= 11 is 0. The Bertz CT molecular complexity index is 1020. The minimum atomic E-state index is -0.0463. The van der Waals surface area contributed by atoms with Crippen molar-refractivity contribution < 1.29 is 23.8 Å². The third kappa shape index (κ3) is 11.4. The Balaban J connectivity index is 1.22. The maximum absolute atomic E-state index is 12.5. The maximum atomic E-state index is 12.5. The van der Waals surface area contributed by atoms with Crippen molar-refractivity contribution in [1.82, 2.24) is 20.0 Å². The first-order valence-corrected chi connectivity index (χ1v) is 15.7. The molecule has 0 aromatic carbocycles. The highest BCUT2D eigenvalue weighted by atomic mass is 33.1. The van der Waals surface area contributed by atoms with Gasteiger partial charge in [-0.15, -0.1) is 0 Å². The molecule has 1 aliphatic carbocycles. The van der Waals surface area contributed by atoms with Crippen LogP contribution < -0.4 is 24.2 Å². The van der Waals surface area contributed by atoms with Crippen LogP contribution in [0.15, 0.2) is 36.7 Å². The summed E-state index contributed by atoms with van der Waals surface area (Å²) in [7, 11) is 5.15. The average Bonchev–Trinajstić information content (AvgIpc) is 2.92. The number of aryl methyl sites for hydroxylation is 1. The summed E-state index contributed by atoms with van der Waals surface area (Å²) in [6.07, 6.45) is 6.50. The van der Waals surface area contributed by atoms with Gasteiger partial charge in [0.2, 0.25) is 11.8 Å². The third-order valence-corrected chi connectivity index (χ3v) is 8.55. The molecule has 3 rings (SSSR count). The van der Waals surface area contributed by atoms with Crippen molar-refractivity contribution >= 4 is 33.3 Å². The highest BCUT2D eigenvalue weighted by molar-refractivity contribution is 8.76. The number of carbonyl (C=O) groups excluding carboxylic acids is 2. The van der Waals surface area contributed by atoms with E-state index in [1.54, 1.807) is 46.3 Å². The molecule has 2 heterocycles. The van der Waals surface area contributed by atoms with E-state index in [2.05, 4.69) is 20.0 Å². The molecule has 1 fully saturated rings. The molecule has 214 valence electrons. The topological polar surface area (TPSA) is 112 Å². The number of pyridine rings is 2. The Kier molecular flexibility index (Phi) is 13.3. The lowest BCUT2D eigenvalue weighted by molar-refractivity contribution is -0.124. The molecule has 1 unspecified atom stereocenters. The number of hydrogen-bond donors (Lipinski definition) is 2. The van der Waals surface area contributed by atoms with Crippen LogP contribution in [0.2, 0.25) is 0 Å². The van der Waals surface area contributed by atoms with E-state index in [0.717, 1.165) is 30.7 Å². The lowest BCUT2D eigenvalue weighted by atomic mass is 9.90. The van der Waals surface area contributed by atoms with Gasteiger partial charge in [-0.05, 0) is 36.1 Å². The summed E-state index contributed by atoms with van der Waals surface area (Å²) in [6.45, 7) is 7.10. The Morgan fingerprint density at radius 3 is 2.46 bits per heavy atom. The number of hydrogen-bond acceptors (Lipinski definition) is 11. The monoisotopic (exact) mass is 576 g/mol. The van der Waals surface area contributed by atoms with Crippen molar-refractivity contribution in [3.05, 3.63) is 42.2 Å². The molecule has 2 aromatic heterocycles. The second-order valence-corrected chi connectivity index (χ2v) is 12.1. The van der Waals surface area contributed by atoms with Crippen LogP contribution in [0.3, 0.4) is 0 Å². The first-order chi connectivity index (χ1) is 18.8.